The number of nitrogens with one attached hydrogen (secondary N) is 1. The normalized spacial score (nSPS) is 18.6. The highest BCUT2D eigenvalue weighted by atomic mass is 35.5. The molecule has 1 saturated heterocycles. The molecule has 3 N–H and O–H groups in total. The summed E-state index contributed by atoms with van der Waals surface area (Å²) in [6, 6.07) is 3.42. The second-order valence-corrected chi connectivity index (χ2v) is 8.33. The fourth-order valence-corrected chi connectivity index (χ4v) is 4.33. The molecule has 0 spiro atoms. The zero-order valence-electron chi connectivity index (χ0n) is 14.1. The summed E-state index contributed by atoms with van der Waals surface area (Å²) in [6.45, 7) is 2.14. The Labute approximate surface area is 156 Å². The Morgan fingerprint density at radius 2 is 2.19 bits per heavy atom. The lowest BCUT2D eigenvalue weighted by molar-refractivity contribution is -0.387. The largest absolute Gasteiger partial charge is 0.369 e. The fourth-order valence-electron chi connectivity index (χ4n) is 2.94. The highest BCUT2D eigenvalue weighted by molar-refractivity contribution is 7.89. The maximum absolute atomic E-state index is 12.3. The molecule has 0 saturated carbocycles. The van der Waals surface area contributed by atoms with Gasteiger partial charge in [0.1, 0.15) is 0 Å². The van der Waals surface area contributed by atoms with Crippen molar-refractivity contribution in [2.24, 2.45) is 11.7 Å². The van der Waals surface area contributed by atoms with Gasteiger partial charge in [-0.1, -0.05) is 11.6 Å². The molecule has 1 aliphatic heterocycles. The first-order valence-electron chi connectivity index (χ1n) is 8.16. The molecule has 0 bridgehead atoms. The molecule has 1 fully saturated rings. The fraction of sp³-hybridized carbons (Fsp3) is 0.533. The molecule has 9 nitrogen and oxygen atoms in total. The number of carbonyl (C=O) groups is 1. The van der Waals surface area contributed by atoms with Crippen molar-refractivity contribution < 1.29 is 18.1 Å². The number of nitrogens with two attached hydrogens (primary N) is 1. The van der Waals surface area contributed by atoms with Crippen molar-refractivity contribution in [2.45, 2.75) is 24.2 Å². The quantitative estimate of drug-likeness (QED) is 0.378. The third kappa shape index (κ3) is 5.37. The summed E-state index contributed by atoms with van der Waals surface area (Å²) in [5.74, 6) is -0.484. The summed E-state index contributed by atoms with van der Waals surface area (Å²) in [5, 5.41) is 11.1. The van der Waals surface area contributed by atoms with Gasteiger partial charge in [-0.05, 0) is 44.5 Å². The molecule has 1 heterocycles. The van der Waals surface area contributed by atoms with Gasteiger partial charge in [0, 0.05) is 24.2 Å². The third-order valence-electron chi connectivity index (χ3n) is 4.26. The van der Waals surface area contributed by atoms with Gasteiger partial charge in [0.05, 0.1) is 10.8 Å². The number of halogens is 1. The Morgan fingerprint density at radius 1 is 1.46 bits per heavy atom. The van der Waals surface area contributed by atoms with Crippen LogP contribution in [0.3, 0.4) is 0 Å². The van der Waals surface area contributed by atoms with E-state index < -0.39 is 25.5 Å². The molecule has 2 rings (SSSR count). The monoisotopic (exact) mass is 404 g/mol. The van der Waals surface area contributed by atoms with Crippen LogP contribution in [0.1, 0.15) is 19.3 Å². The van der Waals surface area contributed by atoms with Crippen molar-refractivity contribution in [3.8, 4) is 0 Å². The Bertz CT molecular complexity index is 786. The Morgan fingerprint density at radius 3 is 2.85 bits per heavy atom. The number of nitro benzene ring substituents is 1. The van der Waals surface area contributed by atoms with E-state index in [0.29, 0.717) is 19.5 Å². The highest BCUT2D eigenvalue weighted by Gasteiger charge is 2.26. The number of piperidine rings is 1. The summed E-state index contributed by atoms with van der Waals surface area (Å²) >= 11 is 5.70. The molecule has 1 amide bonds. The van der Waals surface area contributed by atoms with E-state index >= 15 is 0 Å². The van der Waals surface area contributed by atoms with Crippen LogP contribution in [0.2, 0.25) is 5.02 Å². The Kier molecular flexibility index (Phi) is 6.93. The van der Waals surface area contributed by atoms with Crippen molar-refractivity contribution in [3.63, 3.8) is 0 Å². The Balaban J connectivity index is 1.91. The number of sulfonamides is 1. The number of hydrogen-bond donors (Lipinski definition) is 2. The van der Waals surface area contributed by atoms with Crippen LogP contribution in [-0.2, 0) is 14.8 Å². The lowest BCUT2D eigenvalue weighted by atomic mass is 9.97. The van der Waals surface area contributed by atoms with Crippen molar-refractivity contribution in [1.29, 1.82) is 0 Å². The van der Waals surface area contributed by atoms with Crippen LogP contribution >= 0.6 is 11.6 Å². The Hall–Kier alpha value is -1.75. The summed E-state index contributed by atoms with van der Waals surface area (Å²) in [6.07, 6.45) is 2.15. The molecular formula is C15H21ClN4O5S. The molecule has 1 aliphatic rings. The summed E-state index contributed by atoms with van der Waals surface area (Å²) in [5.41, 5.74) is 4.77. The van der Waals surface area contributed by atoms with E-state index in [4.69, 9.17) is 17.3 Å². The van der Waals surface area contributed by atoms with E-state index in [0.717, 1.165) is 31.5 Å². The van der Waals surface area contributed by atoms with Crippen LogP contribution in [0.25, 0.3) is 0 Å². The average molecular weight is 405 g/mol. The molecule has 0 aliphatic carbocycles. The third-order valence-corrected chi connectivity index (χ3v) is 6.00. The van der Waals surface area contributed by atoms with Gasteiger partial charge in [0.25, 0.3) is 5.69 Å². The topological polar surface area (TPSA) is 136 Å². The van der Waals surface area contributed by atoms with E-state index in [1.165, 1.54) is 6.07 Å². The van der Waals surface area contributed by atoms with Crippen molar-refractivity contribution >= 4 is 33.2 Å². The average Bonchev–Trinajstić information content (AvgIpc) is 2.58. The lowest BCUT2D eigenvalue weighted by Crippen LogP contribution is -2.42. The van der Waals surface area contributed by atoms with Crippen LogP contribution in [0.4, 0.5) is 5.69 Å². The maximum atomic E-state index is 12.3. The van der Waals surface area contributed by atoms with Gasteiger partial charge in [-0.25, -0.2) is 13.1 Å². The van der Waals surface area contributed by atoms with Gasteiger partial charge in [-0.2, -0.15) is 0 Å². The minimum atomic E-state index is -4.02. The molecule has 1 aromatic rings. The number of hydrogen-bond acceptors (Lipinski definition) is 6. The smallest absolute Gasteiger partial charge is 0.290 e. The van der Waals surface area contributed by atoms with E-state index in [1.807, 2.05) is 0 Å². The zero-order chi connectivity index (χ0) is 19.3. The number of rotatable bonds is 8. The molecular weight excluding hydrogens is 384 g/mol. The number of primary amides is 1. The first-order valence-corrected chi connectivity index (χ1v) is 10.0. The summed E-state index contributed by atoms with van der Waals surface area (Å²) in [4.78, 5) is 23.2. The number of likely N-dealkylation sites (tertiary alicyclic amines) is 1. The number of amides is 1. The molecule has 26 heavy (non-hydrogen) atoms. The van der Waals surface area contributed by atoms with Crippen LogP contribution in [0, 0.1) is 16.0 Å². The number of nitrogens with zero attached hydrogens (tertiary/aromatic N) is 2. The van der Waals surface area contributed by atoms with Crippen LogP contribution in [-0.4, -0.2) is 50.3 Å². The van der Waals surface area contributed by atoms with Crippen LogP contribution in [0.5, 0.6) is 0 Å². The number of benzene rings is 1. The standard InChI is InChI=1S/C15H21ClN4O5S/c16-12-4-5-14(13(9-12)20(22)23)26(24,25)18-6-2-8-19-7-1-3-11(10-19)15(17)21/h4-5,9,11,18H,1-3,6-8,10H2,(H2,17,21). The first kappa shape index (κ1) is 20.6. The van der Waals surface area contributed by atoms with Gasteiger partial charge >= 0.3 is 0 Å². The van der Waals surface area contributed by atoms with E-state index in [2.05, 4.69) is 9.62 Å². The van der Waals surface area contributed by atoms with Gasteiger partial charge in [-0.15, -0.1) is 0 Å². The van der Waals surface area contributed by atoms with Gasteiger partial charge in [0.15, 0.2) is 4.90 Å². The van der Waals surface area contributed by atoms with Gasteiger partial charge in [-0.3, -0.25) is 14.9 Å². The van der Waals surface area contributed by atoms with Crippen molar-refractivity contribution in [3.05, 3.63) is 33.3 Å². The van der Waals surface area contributed by atoms with E-state index in [9.17, 15) is 23.3 Å². The van der Waals surface area contributed by atoms with Crippen LogP contribution < -0.4 is 10.5 Å². The molecule has 1 atom stereocenters. The summed E-state index contributed by atoms with van der Waals surface area (Å²) in [7, 11) is -4.02. The van der Waals surface area contributed by atoms with Crippen molar-refractivity contribution in [1.82, 2.24) is 9.62 Å². The second-order valence-electron chi connectivity index (χ2n) is 6.16. The first-order chi connectivity index (χ1) is 12.2. The molecule has 144 valence electrons. The minimum absolute atomic E-state index is 0.0877. The second kappa shape index (κ2) is 8.76. The SMILES string of the molecule is NC(=O)C1CCCN(CCCNS(=O)(=O)c2ccc(Cl)cc2[N+](=O)[O-])C1. The summed E-state index contributed by atoms with van der Waals surface area (Å²) < 4.78 is 27.0. The highest BCUT2D eigenvalue weighted by Crippen LogP contribution is 2.27. The number of carbonyl (C=O) groups excluding carboxylic acids is 1. The van der Waals surface area contributed by atoms with Crippen LogP contribution in [0.15, 0.2) is 23.1 Å². The van der Waals surface area contributed by atoms with E-state index in [1.54, 1.807) is 0 Å². The molecule has 11 heteroatoms. The maximum Gasteiger partial charge on any atom is 0.290 e. The number of nitro groups is 1. The lowest BCUT2D eigenvalue weighted by Gasteiger charge is -2.31. The van der Waals surface area contributed by atoms with E-state index in [-0.39, 0.29) is 23.4 Å². The predicted molar refractivity (Wildman–Crippen MR) is 96.3 cm³/mol. The zero-order valence-corrected chi connectivity index (χ0v) is 15.6. The molecule has 1 aromatic carbocycles. The minimum Gasteiger partial charge on any atom is -0.369 e. The van der Waals surface area contributed by atoms with Crippen molar-refractivity contribution in [2.75, 3.05) is 26.2 Å². The predicted octanol–water partition coefficient (Wildman–Crippen LogP) is 1.11. The van der Waals surface area contributed by atoms with Gasteiger partial charge < -0.3 is 10.6 Å². The van der Waals surface area contributed by atoms with Gasteiger partial charge in [0.2, 0.25) is 15.9 Å². The molecule has 0 aromatic heterocycles. The molecule has 0 radical (unpaired) electrons. The molecule has 1 unspecified atom stereocenters.